The molecule has 1 aliphatic rings. The van der Waals surface area contributed by atoms with Crippen LogP contribution >= 0.6 is 0 Å². The molecule has 16 heavy (non-hydrogen) atoms. The molecule has 0 atom stereocenters. The summed E-state index contributed by atoms with van der Waals surface area (Å²) in [4.78, 5) is 0. The molecule has 1 aromatic heterocycles. The molecule has 0 aliphatic heterocycles. The van der Waals surface area contributed by atoms with Gasteiger partial charge in [0.1, 0.15) is 0 Å². The third-order valence-electron chi connectivity index (χ3n) is 3.34. The van der Waals surface area contributed by atoms with Gasteiger partial charge in [-0.2, -0.15) is 5.10 Å². The van der Waals surface area contributed by atoms with Crippen molar-refractivity contribution in [2.45, 2.75) is 46.1 Å². The Labute approximate surface area is 97.3 Å². The second-order valence-corrected chi connectivity index (χ2v) is 4.59. The van der Waals surface area contributed by atoms with Gasteiger partial charge in [-0.05, 0) is 46.1 Å². The number of hydrogen-bond donors (Lipinski definition) is 2. The molecule has 0 amide bonds. The molecule has 1 heterocycles. The van der Waals surface area contributed by atoms with Gasteiger partial charge in [0, 0.05) is 17.8 Å². The van der Waals surface area contributed by atoms with Crippen molar-refractivity contribution in [3.63, 3.8) is 0 Å². The Morgan fingerprint density at radius 3 is 2.94 bits per heavy atom. The molecule has 2 N–H and O–H groups in total. The minimum absolute atomic E-state index is 0.932. The van der Waals surface area contributed by atoms with Crippen molar-refractivity contribution in [2.24, 2.45) is 0 Å². The highest BCUT2D eigenvalue weighted by Crippen LogP contribution is 2.19. The normalized spacial score (nSPS) is 15.5. The molecular weight excluding hydrogens is 198 g/mol. The van der Waals surface area contributed by atoms with Crippen molar-refractivity contribution >= 4 is 0 Å². The zero-order valence-electron chi connectivity index (χ0n) is 10.3. The van der Waals surface area contributed by atoms with Crippen molar-refractivity contribution in [1.82, 2.24) is 15.5 Å². The summed E-state index contributed by atoms with van der Waals surface area (Å²) in [6.45, 7) is 6.15. The molecular formula is C13H21N3. The van der Waals surface area contributed by atoms with E-state index in [1.165, 1.54) is 36.9 Å². The molecule has 1 aromatic rings. The van der Waals surface area contributed by atoms with Gasteiger partial charge in [-0.25, -0.2) is 0 Å². The van der Waals surface area contributed by atoms with Crippen LogP contribution in [0.1, 0.15) is 42.6 Å². The van der Waals surface area contributed by atoms with Crippen LogP contribution in [0.5, 0.6) is 0 Å². The van der Waals surface area contributed by atoms with E-state index in [9.17, 15) is 0 Å². The van der Waals surface area contributed by atoms with Gasteiger partial charge in [-0.3, -0.25) is 5.10 Å². The summed E-state index contributed by atoms with van der Waals surface area (Å²) < 4.78 is 0. The van der Waals surface area contributed by atoms with Crippen molar-refractivity contribution in [1.29, 1.82) is 0 Å². The first kappa shape index (κ1) is 11.4. The lowest BCUT2D eigenvalue weighted by Gasteiger charge is -2.05. The molecule has 0 spiro atoms. The van der Waals surface area contributed by atoms with Crippen molar-refractivity contribution in [2.75, 3.05) is 6.54 Å². The maximum atomic E-state index is 4.20. The quantitative estimate of drug-likeness (QED) is 0.590. The average Bonchev–Trinajstić information content (AvgIpc) is 2.87. The Kier molecular flexibility index (Phi) is 3.78. The molecule has 88 valence electrons. The number of aryl methyl sites for hydroxylation is 2. The van der Waals surface area contributed by atoms with Crippen molar-refractivity contribution < 1.29 is 0 Å². The Hall–Kier alpha value is -1.09. The molecule has 1 aliphatic carbocycles. The highest BCUT2D eigenvalue weighted by atomic mass is 15.1. The first-order chi connectivity index (χ1) is 7.77. The highest BCUT2D eigenvalue weighted by molar-refractivity contribution is 5.22. The monoisotopic (exact) mass is 219 g/mol. The van der Waals surface area contributed by atoms with Gasteiger partial charge in [-0.15, -0.1) is 0 Å². The fraction of sp³-hybridized carbons (Fsp3) is 0.615. The maximum absolute atomic E-state index is 4.20. The molecule has 0 fully saturated rings. The number of H-pyrrole nitrogens is 1. The van der Waals surface area contributed by atoms with E-state index in [1.807, 2.05) is 0 Å². The van der Waals surface area contributed by atoms with E-state index < -0.39 is 0 Å². The fourth-order valence-corrected chi connectivity index (χ4v) is 2.26. The number of allylic oxidation sites excluding steroid dienone is 1. The van der Waals surface area contributed by atoms with Crippen LogP contribution in [0.25, 0.3) is 0 Å². The smallest absolute Gasteiger partial charge is 0.0638 e. The summed E-state index contributed by atoms with van der Waals surface area (Å²) in [6, 6.07) is 0. The molecule has 2 rings (SSSR count). The molecule has 0 saturated carbocycles. The maximum Gasteiger partial charge on any atom is 0.0638 e. The Morgan fingerprint density at radius 2 is 2.31 bits per heavy atom. The molecule has 0 aromatic carbocycles. The van der Waals surface area contributed by atoms with Gasteiger partial charge in [0.05, 0.1) is 5.69 Å². The largest absolute Gasteiger partial charge is 0.312 e. The lowest BCUT2D eigenvalue weighted by atomic mass is 10.1. The third kappa shape index (κ3) is 2.73. The standard InChI is InChI=1S/C13H21N3/c1-10-13(11(2)16-15-10)9-14-8-7-12-5-3-4-6-12/h5,14H,3-4,6-9H2,1-2H3,(H,15,16). The Bertz CT molecular complexity index is 357. The second-order valence-electron chi connectivity index (χ2n) is 4.59. The Morgan fingerprint density at radius 1 is 1.44 bits per heavy atom. The summed E-state index contributed by atoms with van der Waals surface area (Å²) >= 11 is 0. The van der Waals surface area contributed by atoms with E-state index in [4.69, 9.17) is 0 Å². The summed E-state index contributed by atoms with van der Waals surface area (Å²) in [7, 11) is 0. The average molecular weight is 219 g/mol. The van der Waals surface area contributed by atoms with E-state index in [1.54, 1.807) is 5.57 Å². The summed E-state index contributed by atoms with van der Waals surface area (Å²) in [5.74, 6) is 0. The van der Waals surface area contributed by atoms with Gasteiger partial charge < -0.3 is 5.32 Å². The summed E-state index contributed by atoms with van der Waals surface area (Å²) in [6.07, 6.45) is 7.56. The second kappa shape index (κ2) is 5.30. The predicted molar refractivity (Wildman–Crippen MR) is 66.3 cm³/mol. The predicted octanol–water partition coefficient (Wildman–Crippen LogP) is 2.62. The first-order valence-electron chi connectivity index (χ1n) is 6.16. The van der Waals surface area contributed by atoms with Crippen molar-refractivity contribution in [3.8, 4) is 0 Å². The Balaban J connectivity index is 1.72. The van der Waals surface area contributed by atoms with E-state index in [-0.39, 0.29) is 0 Å². The zero-order chi connectivity index (χ0) is 11.4. The number of aromatic nitrogens is 2. The molecule has 0 radical (unpaired) electrons. The van der Waals surface area contributed by atoms with Gasteiger partial charge in [0.15, 0.2) is 0 Å². The lowest BCUT2D eigenvalue weighted by Crippen LogP contribution is -2.16. The van der Waals surface area contributed by atoms with Crippen LogP contribution in [-0.2, 0) is 6.54 Å². The molecule has 0 bridgehead atoms. The first-order valence-corrected chi connectivity index (χ1v) is 6.16. The van der Waals surface area contributed by atoms with Crippen LogP contribution in [0.3, 0.4) is 0 Å². The van der Waals surface area contributed by atoms with Crippen LogP contribution in [-0.4, -0.2) is 16.7 Å². The van der Waals surface area contributed by atoms with Gasteiger partial charge in [0.2, 0.25) is 0 Å². The minimum Gasteiger partial charge on any atom is -0.312 e. The molecule has 0 saturated heterocycles. The van der Waals surface area contributed by atoms with Gasteiger partial charge in [0.25, 0.3) is 0 Å². The van der Waals surface area contributed by atoms with Crippen LogP contribution in [0.15, 0.2) is 11.6 Å². The SMILES string of the molecule is Cc1n[nH]c(C)c1CNCCC1=CCCC1. The van der Waals surface area contributed by atoms with Crippen LogP contribution in [0, 0.1) is 13.8 Å². The van der Waals surface area contributed by atoms with Crippen LogP contribution in [0.4, 0.5) is 0 Å². The third-order valence-corrected chi connectivity index (χ3v) is 3.34. The molecule has 0 unspecified atom stereocenters. The molecule has 3 nitrogen and oxygen atoms in total. The van der Waals surface area contributed by atoms with E-state index in [0.717, 1.165) is 18.8 Å². The van der Waals surface area contributed by atoms with E-state index >= 15 is 0 Å². The number of aromatic amines is 1. The fourth-order valence-electron chi connectivity index (χ4n) is 2.26. The van der Waals surface area contributed by atoms with Crippen LogP contribution < -0.4 is 5.32 Å². The number of rotatable bonds is 5. The van der Waals surface area contributed by atoms with Gasteiger partial charge >= 0.3 is 0 Å². The highest BCUT2D eigenvalue weighted by Gasteiger charge is 2.06. The van der Waals surface area contributed by atoms with E-state index in [0.29, 0.717) is 0 Å². The lowest BCUT2D eigenvalue weighted by molar-refractivity contribution is 0.672. The number of nitrogens with zero attached hydrogens (tertiary/aromatic N) is 1. The van der Waals surface area contributed by atoms with E-state index in [2.05, 4.69) is 35.4 Å². The number of nitrogens with one attached hydrogen (secondary N) is 2. The van der Waals surface area contributed by atoms with Crippen LogP contribution in [0.2, 0.25) is 0 Å². The van der Waals surface area contributed by atoms with Gasteiger partial charge in [-0.1, -0.05) is 11.6 Å². The summed E-state index contributed by atoms with van der Waals surface area (Å²) in [5, 5.41) is 10.7. The number of hydrogen-bond acceptors (Lipinski definition) is 2. The molecule has 3 heteroatoms. The summed E-state index contributed by atoms with van der Waals surface area (Å²) in [5.41, 5.74) is 5.25. The topological polar surface area (TPSA) is 40.7 Å². The van der Waals surface area contributed by atoms with Crippen molar-refractivity contribution in [3.05, 3.63) is 28.6 Å². The minimum atomic E-state index is 0.932. The zero-order valence-corrected chi connectivity index (χ0v) is 10.3.